The standard InChI is InChI=1S/C6H2Br2N2O/c7-3-1-5-6(2-4(3)8)10-11-9-5/h1-2H. The van der Waals surface area contributed by atoms with Crippen LogP contribution in [0.5, 0.6) is 0 Å². The second-order valence-electron chi connectivity index (χ2n) is 2.02. The van der Waals surface area contributed by atoms with E-state index in [0.717, 1.165) is 20.0 Å². The van der Waals surface area contributed by atoms with Gasteiger partial charge in [-0.05, 0) is 54.3 Å². The lowest BCUT2D eigenvalue weighted by Crippen LogP contribution is -1.71. The minimum atomic E-state index is 0.750. The number of halogens is 2. The third-order valence-corrected chi connectivity index (χ3v) is 3.14. The highest BCUT2D eigenvalue weighted by Gasteiger charge is 2.03. The molecule has 3 nitrogen and oxygen atoms in total. The van der Waals surface area contributed by atoms with Gasteiger partial charge in [-0.2, -0.15) is 0 Å². The maximum absolute atomic E-state index is 4.53. The molecule has 0 saturated carbocycles. The van der Waals surface area contributed by atoms with Gasteiger partial charge < -0.3 is 0 Å². The topological polar surface area (TPSA) is 38.9 Å². The lowest BCUT2D eigenvalue weighted by molar-refractivity contribution is 0.315. The van der Waals surface area contributed by atoms with Crippen molar-refractivity contribution in [1.82, 2.24) is 10.3 Å². The first kappa shape index (κ1) is 7.24. The maximum Gasteiger partial charge on any atom is 0.136 e. The molecule has 0 saturated heterocycles. The molecule has 0 unspecified atom stereocenters. The molecule has 0 amide bonds. The highest BCUT2D eigenvalue weighted by Crippen LogP contribution is 2.26. The van der Waals surface area contributed by atoms with Crippen molar-refractivity contribution >= 4 is 42.9 Å². The molecule has 56 valence electrons. The van der Waals surface area contributed by atoms with Gasteiger partial charge in [0.05, 0.1) is 0 Å². The summed E-state index contributed by atoms with van der Waals surface area (Å²) in [4.78, 5) is 0. The fourth-order valence-electron chi connectivity index (χ4n) is 0.780. The lowest BCUT2D eigenvalue weighted by atomic mass is 10.3. The summed E-state index contributed by atoms with van der Waals surface area (Å²) in [5.74, 6) is 0. The van der Waals surface area contributed by atoms with Crippen molar-refractivity contribution < 1.29 is 4.63 Å². The Labute approximate surface area is 79.0 Å². The Morgan fingerprint density at radius 3 is 1.91 bits per heavy atom. The fraction of sp³-hybridized carbons (Fsp3) is 0. The summed E-state index contributed by atoms with van der Waals surface area (Å²) in [7, 11) is 0. The van der Waals surface area contributed by atoms with Gasteiger partial charge in [0.25, 0.3) is 0 Å². The van der Waals surface area contributed by atoms with Crippen molar-refractivity contribution in [3.63, 3.8) is 0 Å². The highest BCUT2D eigenvalue weighted by atomic mass is 79.9. The monoisotopic (exact) mass is 276 g/mol. The fourth-order valence-corrected chi connectivity index (χ4v) is 1.44. The van der Waals surface area contributed by atoms with E-state index in [4.69, 9.17) is 0 Å². The maximum atomic E-state index is 4.53. The third-order valence-electron chi connectivity index (χ3n) is 1.30. The third kappa shape index (κ3) is 1.18. The Morgan fingerprint density at radius 1 is 1.00 bits per heavy atom. The molecule has 0 aliphatic rings. The van der Waals surface area contributed by atoms with Crippen molar-refractivity contribution in [1.29, 1.82) is 0 Å². The van der Waals surface area contributed by atoms with Gasteiger partial charge in [0.1, 0.15) is 11.0 Å². The molecular weight excluding hydrogens is 276 g/mol. The molecule has 2 aromatic rings. The lowest BCUT2D eigenvalue weighted by Gasteiger charge is -1.91. The van der Waals surface area contributed by atoms with E-state index in [9.17, 15) is 0 Å². The molecule has 2 rings (SSSR count). The van der Waals surface area contributed by atoms with Crippen LogP contribution in [0.15, 0.2) is 25.7 Å². The average Bonchev–Trinajstić information content (AvgIpc) is 2.36. The molecule has 0 N–H and O–H groups in total. The number of hydrogen-bond acceptors (Lipinski definition) is 3. The molecule has 1 aromatic carbocycles. The predicted octanol–water partition coefficient (Wildman–Crippen LogP) is 2.75. The molecular formula is C6H2Br2N2O. The Hall–Kier alpha value is -0.420. The summed E-state index contributed by atoms with van der Waals surface area (Å²) < 4.78 is 6.42. The van der Waals surface area contributed by atoms with Crippen LogP contribution in [-0.2, 0) is 0 Å². The number of aromatic nitrogens is 2. The van der Waals surface area contributed by atoms with E-state index in [1.54, 1.807) is 0 Å². The smallest absolute Gasteiger partial charge is 0.136 e. The Bertz CT molecular complexity index is 362. The van der Waals surface area contributed by atoms with E-state index in [1.807, 2.05) is 12.1 Å². The number of nitrogens with zero attached hydrogens (tertiary/aromatic N) is 2. The summed E-state index contributed by atoms with van der Waals surface area (Å²) >= 11 is 6.69. The normalized spacial score (nSPS) is 10.7. The average molecular weight is 278 g/mol. The van der Waals surface area contributed by atoms with Gasteiger partial charge in [-0.3, -0.25) is 0 Å². The van der Waals surface area contributed by atoms with Gasteiger partial charge in [-0.15, -0.1) is 0 Å². The van der Waals surface area contributed by atoms with Gasteiger partial charge >= 0.3 is 0 Å². The first-order valence-corrected chi connectivity index (χ1v) is 4.43. The molecule has 11 heavy (non-hydrogen) atoms. The summed E-state index contributed by atoms with van der Waals surface area (Å²) in [6.45, 7) is 0. The van der Waals surface area contributed by atoms with Gasteiger partial charge in [0.15, 0.2) is 0 Å². The van der Waals surface area contributed by atoms with Crippen LogP contribution in [0.2, 0.25) is 0 Å². The first-order chi connectivity index (χ1) is 5.27. The van der Waals surface area contributed by atoms with Crippen LogP contribution in [-0.4, -0.2) is 10.3 Å². The Balaban J connectivity index is 2.86. The number of hydrogen-bond donors (Lipinski definition) is 0. The van der Waals surface area contributed by atoms with Crippen LogP contribution >= 0.6 is 31.9 Å². The quantitative estimate of drug-likeness (QED) is 0.743. The van der Waals surface area contributed by atoms with Crippen LogP contribution in [0.1, 0.15) is 0 Å². The van der Waals surface area contributed by atoms with Crippen molar-refractivity contribution in [2.75, 3.05) is 0 Å². The number of fused-ring (bicyclic) bond motifs is 1. The minimum absolute atomic E-state index is 0.750. The summed E-state index contributed by atoms with van der Waals surface area (Å²) in [5, 5.41) is 7.37. The summed E-state index contributed by atoms with van der Waals surface area (Å²) in [6.07, 6.45) is 0. The van der Waals surface area contributed by atoms with Gasteiger partial charge in [0, 0.05) is 8.95 Å². The predicted molar refractivity (Wildman–Crippen MR) is 47.2 cm³/mol. The van der Waals surface area contributed by atoms with Crippen molar-refractivity contribution in [2.45, 2.75) is 0 Å². The van der Waals surface area contributed by atoms with Crippen molar-refractivity contribution in [3.8, 4) is 0 Å². The van der Waals surface area contributed by atoms with E-state index >= 15 is 0 Å². The zero-order chi connectivity index (χ0) is 7.84. The molecule has 0 fully saturated rings. The summed E-state index contributed by atoms with van der Waals surface area (Å²) in [5.41, 5.74) is 1.50. The van der Waals surface area contributed by atoms with E-state index in [2.05, 4.69) is 46.8 Å². The zero-order valence-electron chi connectivity index (χ0n) is 5.21. The summed E-state index contributed by atoms with van der Waals surface area (Å²) in [6, 6.07) is 3.69. The molecule has 1 aromatic heterocycles. The SMILES string of the molecule is Brc1cc2nonc2cc1Br. The number of rotatable bonds is 0. The van der Waals surface area contributed by atoms with E-state index in [0.29, 0.717) is 0 Å². The molecule has 5 heteroatoms. The van der Waals surface area contributed by atoms with E-state index in [-0.39, 0.29) is 0 Å². The Morgan fingerprint density at radius 2 is 1.45 bits per heavy atom. The van der Waals surface area contributed by atoms with Gasteiger partial charge in [-0.25, -0.2) is 4.63 Å². The number of benzene rings is 1. The van der Waals surface area contributed by atoms with Crippen molar-refractivity contribution in [2.24, 2.45) is 0 Å². The molecule has 0 aliphatic heterocycles. The van der Waals surface area contributed by atoms with E-state index < -0.39 is 0 Å². The first-order valence-electron chi connectivity index (χ1n) is 2.85. The highest BCUT2D eigenvalue weighted by molar-refractivity contribution is 9.13. The van der Waals surface area contributed by atoms with Crippen LogP contribution in [0.25, 0.3) is 11.0 Å². The Kier molecular flexibility index (Phi) is 1.69. The van der Waals surface area contributed by atoms with Gasteiger partial charge in [0.2, 0.25) is 0 Å². The van der Waals surface area contributed by atoms with E-state index in [1.165, 1.54) is 0 Å². The molecule has 1 heterocycles. The second kappa shape index (κ2) is 2.57. The zero-order valence-corrected chi connectivity index (χ0v) is 8.39. The molecule has 0 atom stereocenters. The van der Waals surface area contributed by atoms with Crippen molar-refractivity contribution in [3.05, 3.63) is 21.1 Å². The largest absolute Gasteiger partial charge is 0.243 e. The van der Waals surface area contributed by atoms with Crippen LogP contribution < -0.4 is 0 Å². The van der Waals surface area contributed by atoms with Crippen LogP contribution in [0.3, 0.4) is 0 Å². The second-order valence-corrected chi connectivity index (χ2v) is 3.73. The van der Waals surface area contributed by atoms with Gasteiger partial charge in [-0.1, -0.05) is 0 Å². The molecule has 0 bridgehead atoms. The minimum Gasteiger partial charge on any atom is -0.243 e. The molecule has 0 aliphatic carbocycles. The molecule has 0 radical (unpaired) electrons. The molecule has 0 spiro atoms. The van der Waals surface area contributed by atoms with Crippen LogP contribution in [0.4, 0.5) is 0 Å². The van der Waals surface area contributed by atoms with Crippen LogP contribution in [0, 0.1) is 0 Å².